The van der Waals surface area contributed by atoms with Gasteiger partial charge in [-0.15, -0.1) is 0 Å². The minimum Gasteiger partial charge on any atom is -0.312 e. The van der Waals surface area contributed by atoms with Crippen LogP contribution in [0.4, 0.5) is 0 Å². The molecule has 1 aliphatic rings. The Morgan fingerprint density at radius 2 is 1.27 bits per heavy atom. The zero-order chi connectivity index (χ0) is 26.8. The third kappa shape index (κ3) is 3.24. The van der Waals surface area contributed by atoms with Gasteiger partial charge in [0.25, 0.3) is 0 Å². The number of aromatic nitrogens is 3. The van der Waals surface area contributed by atoms with Crippen LogP contribution in [0.3, 0.4) is 0 Å². The highest BCUT2D eigenvalue weighted by atomic mass is 15.0. The van der Waals surface area contributed by atoms with Crippen molar-refractivity contribution in [2.45, 2.75) is 19.3 Å². The monoisotopic (exact) mass is 513 g/mol. The lowest BCUT2D eigenvalue weighted by Gasteiger charge is -2.24. The first kappa shape index (κ1) is 22.9. The van der Waals surface area contributed by atoms with E-state index in [-0.39, 0.29) is 5.41 Å². The summed E-state index contributed by atoms with van der Waals surface area (Å²) < 4.78 is 2.45. The molecule has 1 aliphatic carbocycles. The predicted octanol–water partition coefficient (Wildman–Crippen LogP) is 9.21. The number of rotatable bonds is 3. The fraction of sp³-hybridized carbons (Fsp3) is 0.0811. The molecule has 40 heavy (non-hydrogen) atoms. The fourth-order valence-corrected chi connectivity index (χ4v) is 6.54. The van der Waals surface area contributed by atoms with Crippen molar-refractivity contribution in [3.8, 4) is 39.5 Å². The van der Waals surface area contributed by atoms with Crippen LogP contribution in [-0.2, 0) is 5.41 Å². The summed E-state index contributed by atoms with van der Waals surface area (Å²) >= 11 is 0. The first-order valence-corrected chi connectivity index (χ1v) is 13.8. The van der Waals surface area contributed by atoms with Gasteiger partial charge in [0.2, 0.25) is 0 Å². The maximum absolute atomic E-state index is 5.13. The van der Waals surface area contributed by atoms with Gasteiger partial charge < -0.3 is 4.57 Å². The van der Waals surface area contributed by atoms with Crippen molar-refractivity contribution in [3.05, 3.63) is 139 Å². The highest BCUT2D eigenvalue weighted by Gasteiger charge is 2.40. The summed E-state index contributed by atoms with van der Waals surface area (Å²) in [5.41, 5.74) is 11.5. The maximum atomic E-state index is 5.13. The second kappa shape index (κ2) is 8.49. The number of benzene rings is 5. The number of nitrogens with zero attached hydrogens (tertiary/aromatic N) is 3. The minimum absolute atomic E-state index is 0.143. The van der Waals surface area contributed by atoms with Crippen LogP contribution in [0.1, 0.15) is 25.1 Å². The molecule has 0 unspecified atom stereocenters. The molecular weight excluding hydrogens is 486 g/mol. The summed E-state index contributed by atoms with van der Waals surface area (Å²) in [6, 6.07) is 45.0. The first-order chi connectivity index (χ1) is 19.6. The molecule has 5 aromatic carbocycles. The lowest BCUT2D eigenvalue weighted by molar-refractivity contribution is 0.624. The molecule has 7 aromatic rings. The molecule has 0 bridgehead atoms. The van der Waals surface area contributed by atoms with E-state index in [1.807, 2.05) is 24.3 Å². The van der Waals surface area contributed by atoms with Gasteiger partial charge in [-0.2, -0.15) is 0 Å². The van der Waals surface area contributed by atoms with Crippen molar-refractivity contribution in [1.82, 2.24) is 14.5 Å². The van der Waals surface area contributed by atoms with Gasteiger partial charge in [-0.05, 0) is 35.4 Å². The molecule has 0 radical (unpaired) electrons. The smallest absolute Gasteiger partial charge is 0.160 e. The maximum Gasteiger partial charge on any atom is 0.160 e. The minimum atomic E-state index is -0.143. The molecule has 0 fully saturated rings. The van der Waals surface area contributed by atoms with E-state index < -0.39 is 0 Å². The average molecular weight is 514 g/mol. The van der Waals surface area contributed by atoms with E-state index in [4.69, 9.17) is 9.97 Å². The van der Waals surface area contributed by atoms with Gasteiger partial charge in [0.15, 0.2) is 5.82 Å². The molecule has 0 atom stereocenters. The topological polar surface area (TPSA) is 30.7 Å². The van der Waals surface area contributed by atoms with Crippen LogP contribution < -0.4 is 0 Å². The normalized spacial score (nSPS) is 13.4. The molecule has 0 saturated carbocycles. The third-order valence-corrected chi connectivity index (χ3v) is 8.35. The predicted molar refractivity (Wildman–Crippen MR) is 165 cm³/mol. The third-order valence-electron chi connectivity index (χ3n) is 8.35. The van der Waals surface area contributed by atoms with E-state index in [0.29, 0.717) is 0 Å². The van der Waals surface area contributed by atoms with E-state index in [9.17, 15) is 0 Å². The second-order valence-corrected chi connectivity index (χ2v) is 11.1. The van der Waals surface area contributed by atoms with Crippen molar-refractivity contribution in [3.63, 3.8) is 0 Å². The molecule has 8 rings (SSSR count). The van der Waals surface area contributed by atoms with Crippen LogP contribution in [0.15, 0.2) is 127 Å². The van der Waals surface area contributed by atoms with Gasteiger partial charge in [0.1, 0.15) is 0 Å². The van der Waals surface area contributed by atoms with Crippen LogP contribution in [0.5, 0.6) is 0 Å². The van der Waals surface area contributed by atoms with Gasteiger partial charge in [-0.1, -0.05) is 117 Å². The highest BCUT2D eigenvalue weighted by molar-refractivity contribution is 6.04. The van der Waals surface area contributed by atoms with Crippen molar-refractivity contribution in [2.24, 2.45) is 0 Å². The van der Waals surface area contributed by atoms with Gasteiger partial charge in [-0.3, -0.25) is 0 Å². The largest absolute Gasteiger partial charge is 0.312 e. The quantitative estimate of drug-likeness (QED) is 0.236. The van der Waals surface area contributed by atoms with Crippen LogP contribution in [0.25, 0.3) is 61.3 Å². The molecule has 3 nitrogen and oxygen atoms in total. The Bertz CT molecular complexity index is 2070. The molecule has 0 spiro atoms. The van der Waals surface area contributed by atoms with Gasteiger partial charge >= 0.3 is 0 Å². The van der Waals surface area contributed by atoms with Crippen molar-refractivity contribution >= 4 is 21.8 Å². The van der Waals surface area contributed by atoms with Crippen molar-refractivity contribution in [1.29, 1.82) is 0 Å². The Balaban J connectivity index is 1.43. The molecule has 3 heteroatoms. The van der Waals surface area contributed by atoms with E-state index in [2.05, 4.69) is 122 Å². The molecule has 0 aliphatic heterocycles. The van der Waals surface area contributed by atoms with Crippen LogP contribution in [0, 0.1) is 0 Å². The van der Waals surface area contributed by atoms with E-state index >= 15 is 0 Å². The molecule has 2 aromatic heterocycles. The van der Waals surface area contributed by atoms with Gasteiger partial charge in [0.05, 0.1) is 16.7 Å². The zero-order valence-electron chi connectivity index (χ0n) is 22.5. The lowest BCUT2D eigenvalue weighted by atomic mass is 9.85. The van der Waals surface area contributed by atoms with Crippen molar-refractivity contribution in [2.75, 3.05) is 0 Å². The Kier molecular flexibility index (Phi) is 4.86. The fourth-order valence-electron chi connectivity index (χ4n) is 6.54. The Morgan fingerprint density at radius 1 is 0.600 bits per heavy atom. The Labute approximate surface area is 233 Å². The highest BCUT2D eigenvalue weighted by Crippen LogP contribution is 2.53. The lowest BCUT2D eigenvalue weighted by Crippen LogP contribution is -2.19. The molecule has 0 amide bonds. The SMILES string of the molecule is CC1(C)c2ccccc2-c2c1n(-c1ccc3c(-c4ccccc4)nc(-c4ccccc4)nc3c1)c1ccccc21. The Hall–Kier alpha value is -5.02. The Morgan fingerprint density at radius 3 is 2.08 bits per heavy atom. The van der Waals surface area contributed by atoms with Gasteiger partial charge in [-0.25, -0.2) is 9.97 Å². The number of hydrogen-bond donors (Lipinski definition) is 0. The summed E-state index contributed by atoms with van der Waals surface area (Å²) in [7, 11) is 0. The molecule has 0 N–H and O–H groups in total. The molecule has 190 valence electrons. The summed E-state index contributed by atoms with van der Waals surface area (Å²) in [6.45, 7) is 4.69. The molecule has 2 heterocycles. The first-order valence-electron chi connectivity index (χ1n) is 13.8. The second-order valence-electron chi connectivity index (χ2n) is 11.1. The molecular formula is C37H27N3. The van der Waals surface area contributed by atoms with Crippen LogP contribution in [-0.4, -0.2) is 14.5 Å². The number of hydrogen-bond acceptors (Lipinski definition) is 2. The van der Waals surface area contributed by atoms with Crippen LogP contribution >= 0.6 is 0 Å². The van der Waals surface area contributed by atoms with Crippen molar-refractivity contribution < 1.29 is 0 Å². The van der Waals surface area contributed by atoms with E-state index in [0.717, 1.165) is 39.2 Å². The molecule has 0 saturated heterocycles. The summed E-state index contributed by atoms with van der Waals surface area (Å²) in [5, 5.41) is 2.33. The standard InChI is InChI=1S/C37H27N3/c1-37(2)30-19-11-9-17-27(30)33-29-18-10-12-20-32(29)40(35(33)37)26-21-22-28-31(23-26)38-36(25-15-7-4-8-16-25)39-34(28)24-13-5-3-6-14-24/h3-23H,1-2H3. The van der Waals surface area contributed by atoms with E-state index in [1.54, 1.807) is 0 Å². The average Bonchev–Trinajstić information content (AvgIpc) is 3.48. The van der Waals surface area contributed by atoms with Gasteiger partial charge in [0, 0.05) is 44.3 Å². The summed E-state index contributed by atoms with van der Waals surface area (Å²) in [5.74, 6) is 0.736. The summed E-state index contributed by atoms with van der Waals surface area (Å²) in [4.78, 5) is 10.2. The zero-order valence-corrected chi connectivity index (χ0v) is 22.5. The van der Waals surface area contributed by atoms with E-state index in [1.165, 1.54) is 33.3 Å². The summed E-state index contributed by atoms with van der Waals surface area (Å²) in [6.07, 6.45) is 0. The number of para-hydroxylation sites is 1. The van der Waals surface area contributed by atoms with Crippen LogP contribution in [0.2, 0.25) is 0 Å². The number of fused-ring (bicyclic) bond motifs is 6.